The topological polar surface area (TPSA) is 45.7 Å². The van der Waals surface area contributed by atoms with Crippen LogP contribution < -0.4 is 10.6 Å². The van der Waals surface area contributed by atoms with Gasteiger partial charge in [0.1, 0.15) is 0 Å². The molecule has 0 unspecified atom stereocenters. The fraction of sp³-hybridized carbons (Fsp3) is 0.588. The molecule has 1 rings (SSSR count). The van der Waals surface area contributed by atoms with Crippen molar-refractivity contribution in [2.45, 2.75) is 39.2 Å². The number of ether oxygens (including phenoxy) is 1. The van der Waals surface area contributed by atoms with Crippen LogP contribution >= 0.6 is 24.0 Å². The Hall–Kier alpha value is -0.820. The van der Waals surface area contributed by atoms with Gasteiger partial charge >= 0.3 is 0 Å². The molecule has 4 nitrogen and oxygen atoms in total. The van der Waals surface area contributed by atoms with Gasteiger partial charge in [-0.25, -0.2) is 0 Å². The highest BCUT2D eigenvalue weighted by Crippen LogP contribution is 2.08. The average molecular weight is 419 g/mol. The molecular formula is C17H30IN3O. The molecule has 0 aliphatic heterocycles. The molecule has 0 heterocycles. The highest BCUT2D eigenvalue weighted by molar-refractivity contribution is 14.0. The van der Waals surface area contributed by atoms with Gasteiger partial charge in [0.05, 0.1) is 0 Å². The lowest BCUT2D eigenvalue weighted by atomic mass is 10.1. The van der Waals surface area contributed by atoms with Crippen LogP contribution in [-0.2, 0) is 17.7 Å². The Morgan fingerprint density at radius 3 is 2.45 bits per heavy atom. The number of nitrogens with one attached hydrogen (secondary N) is 2. The summed E-state index contributed by atoms with van der Waals surface area (Å²) in [6.45, 7) is 4.79. The first kappa shape index (κ1) is 21.2. The number of hydrogen-bond acceptors (Lipinski definition) is 2. The van der Waals surface area contributed by atoms with Gasteiger partial charge < -0.3 is 15.4 Å². The highest BCUT2D eigenvalue weighted by Gasteiger charge is 2.01. The number of halogens is 1. The SMILES string of the molecule is CCc1ccccc1CNC(=NC)NCCCCCOC.I. The van der Waals surface area contributed by atoms with Crippen LogP contribution in [0.5, 0.6) is 0 Å². The van der Waals surface area contributed by atoms with Crippen LogP contribution in [0.4, 0.5) is 0 Å². The summed E-state index contributed by atoms with van der Waals surface area (Å²) < 4.78 is 5.04. The van der Waals surface area contributed by atoms with Gasteiger partial charge in [-0.1, -0.05) is 31.2 Å². The summed E-state index contributed by atoms with van der Waals surface area (Å²) in [6.07, 6.45) is 4.49. The van der Waals surface area contributed by atoms with Crippen molar-refractivity contribution in [1.29, 1.82) is 0 Å². The molecule has 0 saturated carbocycles. The van der Waals surface area contributed by atoms with Gasteiger partial charge in [0, 0.05) is 33.9 Å². The number of rotatable bonds is 9. The number of unbranched alkanes of at least 4 members (excludes halogenated alkanes) is 2. The van der Waals surface area contributed by atoms with Crippen LogP contribution in [0, 0.1) is 0 Å². The maximum Gasteiger partial charge on any atom is 0.191 e. The van der Waals surface area contributed by atoms with Gasteiger partial charge in [-0.05, 0) is 36.8 Å². The molecule has 1 aromatic rings. The maximum absolute atomic E-state index is 5.04. The Morgan fingerprint density at radius 1 is 1.09 bits per heavy atom. The summed E-state index contributed by atoms with van der Waals surface area (Å²) in [5, 5.41) is 6.73. The summed E-state index contributed by atoms with van der Waals surface area (Å²) in [4.78, 5) is 4.26. The second-order valence-corrected chi connectivity index (χ2v) is 5.03. The fourth-order valence-electron chi connectivity index (χ4n) is 2.23. The molecule has 1 aromatic carbocycles. The number of hydrogen-bond donors (Lipinski definition) is 2. The fourth-order valence-corrected chi connectivity index (χ4v) is 2.23. The smallest absolute Gasteiger partial charge is 0.191 e. The highest BCUT2D eigenvalue weighted by atomic mass is 127. The predicted octanol–water partition coefficient (Wildman–Crippen LogP) is 3.35. The molecule has 0 atom stereocenters. The van der Waals surface area contributed by atoms with Crippen molar-refractivity contribution in [3.8, 4) is 0 Å². The van der Waals surface area contributed by atoms with E-state index in [0.717, 1.165) is 44.9 Å². The molecule has 0 bridgehead atoms. The number of methoxy groups -OCH3 is 1. The van der Waals surface area contributed by atoms with Crippen molar-refractivity contribution >= 4 is 29.9 Å². The second-order valence-electron chi connectivity index (χ2n) is 5.03. The van der Waals surface area contributed by atoms with E-state index in [1.165, 1.54) is 17.5 Å². The van der Waals surface area contributed by atoms with E-state index in [9.17, 15) is 0 Å². The molecule has 0 saturated heterocycles. The number of guanidine groups is 1. The zero-order valence-electron chi connectivity index (χ0n) is 14.0. The van der Waals surface area contributed by atoms with E-state index in [2.05, 4.69) is 46.8 Å². The van der Waals surface area contributed by atoms with Crippen LogP contribution in [-0.4, -0.2) is 33.3 Å². The molecule has 0 aliphatic rings. The third-order valence-corrected chi connectivity index (χ3v) is 3.49. The Labute approximate surface area is 152 Å². The van der Waals surface area contributed by atoms with Crippen molar-refractivity contribution in [3.63, 3.8) is 0 Å². The van der Waals surface area contributed by atoms with Crippen molar-refractivity contribution in [1.82, 2.24) is 10.6 Å². The van der Waals surface area contributed by atoms with Crippen molar-refractivity contribution in [2.75, 3.05) is 27.3 Å². The maximum atomic E-state index is 5.04. The number of aliphatic imine (C=N–C) groups is 1. The van der Waals surface area contributed by atoms with Gasteiger partial charge in [-0.2, -0.15) is 0 Å². The van der Waals surface area contributed by atoms with E-state index in [1.807, 2.05) is 7.05 Å². The minimum Gasteiger partial charge on any atom is -0.385 e. The molecule has 0 spiro atoms. The van der Waals surface area contributed by atoms with Crippen molar-refractivity contribution in [2.24, 2.45) is 4.99 Å². The Bertz CT molecular complexity index is 424. The molecule has 22 heavy (non-hydrogen) atoms. The zero-order valence-corrected chi connectivity index (χ0v) is 16.4. The predicted molar refractivity (Wildman–Crippen MR) is 105 cm³/mol. The lowest BCUT2D eigenvalue weighted by molar-refractivity contribution is 0.192. The molecular weight excluding hydrogens is 389 g/mol. The van der Waals surface area contributed by atoms with Gasteiger partial charge in [0.2, 0.25) is 0 Å². The Kier molecular flexibility index (Phi) is 13.3. The lowest BCUT2D eigenvalue weighted by Gasteiger charge is -2.13. The van der Waals surface area contributed by atoms with Crippen LogP contribution in [0.3, 0.4) is 0 Å². The normalized spacial score (nSPS) is 11.0. The van der Waals surface area contributed by atoms with E-state index < -0.39 is 0 Å². The van der Waals surface area contributed by atoms with E-state index in [0.29, 0.717) is 0 Å². The van der Waals surface area contributed by atoms with E-state index in [1.54, 1.807) is 7.11 Å². The average Bonchev–Trinajstić information content (AvgIpc) is 2.53. The van der Waals surface area contributed by atoms with Crippen LogP contribution in [0.2, 0.25) is 0 Å². The first-order valence-corrected chi connectivity index (χ1v) is 7.82. The second kappa shape index (κ2) is 13.8. The molecule has 0 fully saturated rings. The minimum absolute atomic E-state index is 0. The summed E-state index contributed by atoms with van der Waals surface area (Å²) in [7, 11) is 3.56. The summed E-state index contributed by atoms with van der Waals surface area (Å²) in [6, 6.07) is 8.53. The van der Waals surface area contributed by atoms with Crippen LogP contribution in [0.25, 0.3) is 0 Å². The van der Waals surface area contributed by atoms with Gasteiger partial charge in [-0.15, -0.1) is 24.0 Å². The number of nitrogens with zero attached hydrogens (tertiary/aromatic N) is 1. The van der Waals surface area contributed by atoms with Gasteiger partial charge in [0.25, 0.3) is 0 Å². The lowest BCUT2D eigenvalue weighted by Crippen LogP contribution is -2.37. The third-order valence-electron chi connectivity index (χ3n) is 3.49. The largest absolute Gasteiger partial charge is 0.385 e. The molecule has 0 aliphatic carbocycles. The van der Waals surface area contributed by atoms with E-state index >= 15 is 0 Å². The van der Waals surface area contributed by atoms with Gasteiger partial charge in [-0.3, -0.25) is 4.99 Å². The van der Waals surface area contributed by atoms with E-state index in [-0.39, 0.29) is 24.0 Å². The molecule has 0 amide bonds. The molecule has 5 heteroatoms. The molecule has 0 aromatic heterocycles. The summed E-state index contributed by atoms with van der Waals surface area (Å²) in [5.41, 5.74) is 2.73. The Morgan fingerprint density at radius 2 is 1.82 bits per heavy atom. The van der Waals surface area contributed by atoms with Crippen molar-refractivity contribution < 1.29 is 4.74 Å². The summed E-state index contributed by atoms with van der Waals surface area (Å²) >= 11 is 0. The first-order chi connectivity index (χ1) is 10.3. The van der Waals surface area contributed by atoms with Crippen LogP contribution in [0.15, 0.2) is 29.3 Å². The molecule has 2 N–H and O–H groups in total. The molecule has 126 valence electrons. The zero-order chi connectivity index (χ0) is 15.3. The number of benzene rings is 1. The number of aryl methyl sites for hydroxylation is 1. The van der Waals surface area contributed by atoms with Crippen LogP contribution in [0.1, 0.15) is 37.3 Å². The first-order valence-electron chi connectivity index (χ1n) is 7.82. The summed E-state index contributed by atoms with van der Waals surface area (Å²) in [5.74, 6) is 0.868. The van der Waals surface area contributed by atoms with Crippen molar-refractivity contribution in [3.05, 3.63) is 35.4 Å². The monoisotopic (exact) mass is 419 g/mol. The van der Waals surface area contributed by atoms with Gasteiger partial charge in [0.15, 0.2) is 5.96 Å². The minimum atomic E-state index is 0. The molecule has 0 radical (unpaired) electrons. The Balaban J connectivity index is 0.00000441. The quantitative estimate of drug-likeness (QED) is 0.279. The third kappa shape index (κ3) is 8.58. The standard InChI is InChI=1S/C17H29N3O.HI/c1-4-15-10-6-7-11-16(15)14-20-17(18-2)19-12-8-5-9-13-21-3;/h6-7,10-11H,4-5,8-9,12-14H2,1-3H3,(H2,18,19,20);1H. The van der Waals surface area contributed by atoms with E-state index in [4.69, 9.17) is 4.74 Å².